The summed E-state index contributed by atoms with van der Waals surface area (Å²) in [5.41, 5.74) is 4.34. The number of hydrogen-bond acceptors (Lipinski definition) is 4. The molecule has 0 bridgehead atoms. The van der Waals surface area contributed by atoms with E-state index >= 15 is 0 Å². The predicted octanol–water partition coefficient (Wildman–Crippen LogP) is 3.12. The van der Waals surface area contributed by atoms with Crippen molar-refractivity contribution < 1.29 is 0 Å². The van der Waals surface area contributed by atoms with Crippen LogP contribution in [-0.4, -0.2) is 0 Å². The molecule has 16 heavy (non-hydrogen) atoms. The standard InChI is InChI=1S/C12H16N2S2/c1-2-9-5-7-16-12(9)11(14-13)8-10-4-3-6-15-10/h3-7,11,14H,2,8,13H2,1H3. The minimum absolute atomic E-state index is 0.244. The molecule has 0 spiro atoms. The van der Waals surface area contributed by atoms with Crippen molar-refractivity contribution in [2.45, 2.75) is 25.8 Å². The minimum Gasteiger partial charge on any atom is -0.271 e. The third-order valence-electron chi connectivity index (χ3n) is 2.66. The summed E-state index contributed by atoms with van der Waals surface area (Å²) >= 11 is 3.58. The summed E-state index contributed by atoms with van der Waals surface area (Å²) in [5.74, 6) is 5.67. The maximum atomic E-state index is 5.67. The van der Waals surface area contributed by atoms with E-state index in [-0.39, 0.29) is 6.04 Å². The lowest BCUT2D eigenvalue weighted by Gasteiger charge is -2.15. The van der Waals surface area contributed by atoms with Crippen LogP contribution in [0.2, 0.25) is 0 Å². The maximum absolute atomic E-state index is 5.67. The summed E-state index contributed by atoms with van der Waals surface area (Å²) in [7, 11) is 0. The number of nitrogens with one attached hydrogen (secondary N) is 1. The smallest absolute Gasteiger partial charge is 0.0604 e. The van der Waals surface area contributed by atoms with Crippen molar-refractivity contribution in [1.82, 2.24) is 5.43 Å². The van der Waals surface area contributed by atoms with Gasteiger partial charge < -0.3 is 0 Å². The molecule has 2 aromatic heterocycles. The molecule has 0 saturated heterocycles. The van der Waals surface area contributed by atoms with E-state index in [1.54, 1.807) is 22.7 Å². The van der Waals surface area contributed by atoms with Gasteiger partial charge in [-0.2, -0.15) is 0 Å². The number of hydrazine groups is 1. The lowest BCUT2D eigenvalue weighted by molar-refractivity contribution is 0.561. The van der Waals surface area contributed by atoms with Crippen molar-refractivity contribution >= 4 is 22.7 Å². The Balaban J connectivity index is 2.16. The summed E-state index contributed by atoms with van der Waals surface area (Å²) < 4.78 is 0. The molecule has 2 heterocycles. The van der Waals surface area contributed by atoms with Gasteiger partial charge in [-0.15, -0.1) is 22.7 Å². The van der Waals surface area contributed by atoms with Gasteiger partial charge in [-0.1, -0.05) is 13.0 Å². The lowest BCUT2D eigenvalue weighted by atomic mass is 10.1. The van der Waals surface area contributed by atoms with Gasteiger partial charge in [-0.25, -0.2) is 0 Å². The molecule has 0 radical (unpaired) electrons. The zero-order chi connectivity index (χ0) is 11.4. The second-order valence-electron chi connectivity index (χ2n) is 3.67. The summed E-state index contributed by atoms with van der Waals surface area (Å²) in [4.78, 5) is 2.75. The highest BCUT2D eigenvalue weighted by molar-refractivity contribution is 7.10. The molecule has 2 nitrogen and oxygen atoms in total. The van der Waals surface area contributed by atoms with E-state index in [1.807, 2.05) is 0 Å². The van der Waals surface area contributed by atoms with Gasteiger partial charge in [0.25, 0.3) is 0 Å². The highest BCUT2D eigenvalue weighted by Gasteiger charge is 2.15. The quantitative estimate of drug-likeness (QED) is 0.634. The molecular formula is C12H16N2S2. The zero-order valence-corrected chi connectivity index (χ0v) is 10.9. The fraction of sp³-hybridized carbons (Fsp3) is 0.333. The molecule has 0 aliphatic carbocycles. The molecule has 0 aliphatic heterocycles. The van der Waals surface area contributed by atoms with Crippen LogP contribution in [-0.2, 0) is 12.8 Å². The van der Waals surface area contributed by atoms with Gasteiger partial charge in [0.05, 0.1) is 6.04 Å². The van der Waals surface area contributed by atoms with Crippen LogP contribution in [0.3, 0.4) is 0 Å². The summed E-state index contributed by atoms with van der Waals surface area (Å²) in [6.45, 7) is 2.18. The van der Waals surface area contributed by atoms with Gasteiger partial charge in [0.15, 0.2) is 0 Å². The molecule has 1 unspecified atom stereocenters. The Morgan fingerprint density at radius 1 is 1.31 bits per heavy atom. The Morgan fingerprint density at radius 3 is 2.81 bits per heavy atom. The van der Waals surface area contributed by atoms with Crippen LogP contribution in [0.15, 0.2) is 29.0 Å². The Labute approximate surface area is 104 Å². The van der Waals surface area contributed by atoms with E-state index in [0.717, 1.165) is 12.8 Å². The van der Waals surface area contributed by atoms with Crippen LogP contribution in [0.5, 0.6) is 0 Å². The van der Waals surface area contributed by atoms with E-state index in [1.165, 1.54) is 15.3 Å². The second kappa shape index (κ2) is 5.59. The number of thiophene rings is 2. The fourth-order valence-corrected chi connectivity index (χ4v) is 3.61. The van der Waals surface area contributed by atoms with Crippen molar-refractivity contribution in [2.24, 2.45) is 5.84 Å². The Hall–Kier alpha value is -0.680. The predicted molar refractivity (Wildman–Crippen MR) is 71.8 cm³/mol. The van der Waals surface area contributed by atoms with E-state index in [0.29, 0.717) is 0 Å². The largest absolute Gasteiger partial charge is 0.271 e. The van der Waals surface area contributed by atoms with Crippen LogP contribution < -0.4 is 11.3 Å². The molecule has 2 aromatic rings. The van der Waals surface area contributed by atoms with Crippen LogP contribution in [0, 0.1) is 0 Å². The molecule has 4 heteroatoms. The average Bonchev–Trinajstić information content (AvgIpc) is 2.96. The van der Waals surface area contributed by atoms with Gasteiger partial charge >= 0.3 is 0 Å². The van der Waals surface area contributed by atoms with Gasteiger partial charge in [0.2, 0.25) is 0 Å². The highest BCUT2D eigenvalue weighted by Crippen LogP contribution is 2.28. The molecular weight excluding hydrogens is 236 g/mol. The van der Waals surface area contributed by atoms with Crippen molar-refractivity contribution in [3.8, 4) is 0 Å². The first-order valence-electron chi connectivity index (χ1n) is 5.40. The summed E-state index contributed by atoms with van der Waals surface area (Å²) in [6.07, 6.45) is 2.04. The van der Waals surface area contributed by atoms with Crippen LogP contribution in [0.4, 0.5) is 0 Å². The molecule has 0 aromatic carbocycles. The van der Waals surface area contributed by atoms with Crippen molar-refractivity contribution in [1.29, 1.82) is 0 Å². The van der Waals surface area contributed by atoms with Gasteiger partial charge in [-0.05, 0) is 34.9 Å². The average molecular weight is 252 g/mol. The highest BCUT2D eigenvalue weighted by atomic mass is 32.1. The number of rotatable bonds is 5. The molecule has 3 N–H and O–H groups in total. The van der Waals surface area contributed by atoms with Crippen LogP contribution in [0.1, 0.15) is 28.3 Å². The number of nitrogens with two attached hydrogens (primary N) is 1. The molecule has 1 atom stereocenters. The fourth-order valence-electron chi connectivity index (χ4n) is 1.80. The van der Waals surface area contributed by atoms with Crippen molar-refractivity contribution in [3.63, 3.8) is 0 Å². The van der Waals surface area contributed by atoms with Crippen LogP contribution in [0.25, 0.3) is 0 Å². The van der Waals surface area contributed by atoms with Gasteiger partial charge in [0.1, 0.15) is 0 Å². The van der Waals surface area contributed by atoms with E-state index in [4.69, 9.17) is 5.84 Å². The second-order valence-corrected chi connectivity index (χ2v) is 5.65. The zero-order valence-electron chi connectivity index (χ0n) is 9.27. The van der Waals surface area contributed by atoms with E-state index < -0.39 is 0 Å². The maximum Gasteiger partial charge on any atom is 0.0604 e. The van der Waals surface area contributed by atoms with Crippen molar-refractivity contribution in [2.75, 3.05) is 0 Å². The summed E-state index contributed by atoms with van der Waals surface area (Å²) in [5, 5.41) is 4.25. The molecule has 0 amide bonds. The third kappa shape index (κ3) is 2.52. The normalized spacial score (nSPS) is 12.9. The Kier molecular flexibility index (Phi) is 4.12. The first kappa shape index (κ1) is 11.8. The number of hydrogen-bond donors (Lipinski definition) is 2. The Morgan fingerprint density at radius 2 is 2.19 bits per heavy atom. The van der Waals surface area contributed by atoms with E-state index in [2.05, 4.69) is 41.3 Å². The minimum atomic E-state index is 0.244. The molecule has 0 fully saturated rings. The van der Waals surface area contributed by atoms with Gasteiger partial charge in [0, 0.05) is 16.2 Å². The van der Waals surface area contributed by atoms with Crippen molar-refractivity contribution in [3.05, 3.63) is 44.3 Å². The molecule has 2 rings (SSSR count). The Bertz CT molecular complexity index is 420. The first-order valence-corrected chi connectivity index (χ1v) is 7.15. The van der Waals surface area contributed by atoms with E-state index in [9.17, 15) is 0 Å². The lowest BCUT2D eigenvalue weighted by Crippen LogP contribution is -2.29. The van der Waals surface area contributed by atoms with Gasteiger partial charge in [-0.3, -0.25) is 11.3 Å². The first-order chi connectivity index (χ1) is 7.85. The SMILES string of the molecule is CCc1ccsc1C(Cc1cccs1)NN. The molecule has 0 aliphatic rings. The monoisotopic (exact) mass is 252 g/mol. The third-order valence-corrected chi connectivity index (χ3v) is 4.64. The topological polar surface area (TPSA) is 38.0 Å². The van der Waals surface area contributed by atoms with Crippen LogP contribution >= 0.6 is 22.7 Å². The molecule has 0 saturated carbocycles. The summed E-state index contributed by atoms with van der Waals surface area (Å²) in [6, 6.07) is 6.68. The number of aryl methyl sites for hydroxylation is 1. The molecule has 86 valence electrons.